The largest absolute Gasteiger partial charge is 0.398 e. The number of nitrogens with zero attached hydrogens (tertiary/aromatic N) is 2. The van der Waals surface area contributed by atoms with Crippen LogP contribution in [0.3, 0.4) is 0 Å². The summed E-state index contributed by atoms with van der Waals surface area (Å²) in [5.74, 6) is -1.42. The lowest BCUT2D eigenvalue weighted by atomic mass is 10.1. The maximum atomic E-state index is 12.1. The van der Waals surface area contributed by atoms with Crippen molar-refractivity contribution in [2.24, 2.45) is 11.7 Å². The van der Waals surface area contributed by atoms with Crippen molar-refractivity contribution in [3.8, 4) is 0 Å². The van der Waals surface area contributed by atoms with E-state index in [4.69, 9.17) is 11.5 Å². The summed E-state index contributed by atoms with van der Waals surface area (Å²) >= 11 is 0. The first-order valence-corrected chi connectivity index (χ1v) is 6.77. The van der Waals surface area contributed by atoms with Crippen LogP contribution in [0.5, 0.6) is 0 Å². The summed E-state index contributed by atoms with van der Waals surface area (Å²) < 4.78 is 0. The molecule has 0 spiro atoms. The molecule has 1 saturated heterocycles. The van der Waals surface area contributed by atoms with Crippen LogP contribution in [0.4, 0.5) is 5.69 Å². The third-order valence-electron chi connectivity index (χ3n) is 3.86. The van der Waals surface area contributed by atoms with Gasteiger partial charge in [-0.25, -0.2) is 0 Å². The van der Waals surface area contributed by atoms with Crippen molar-refractivity contribution in [2.45, 2.75) is 13.0 Å². The summed E-state index contributed by atoms with van der Waals surface area (Å²) in [4.78, 5) is 29.2. The number of carbonyl (C=O) groups is 2. The highest BCUT2D eigenvalue weighted by atomic mass is 16.2. The van der Waals surface area contributed by atoms with Crippen molar-refractivity contribution >= 4 is 28.4 Å². The quantitative estimate of drug-likeness (QED) is 0.808. The van der Waals surface area contributed by atoms with Crippen LogP contribution in [0, 0.1) is 5.92 Å². The van der Waals surface area contributed by atoms with E-state index in [1.165, 1.54) is 0 Å². The van der Waals surface area contributed by atoms with Gasteiger partial charge < -0.3 is 16.4 Å². The van der Waals surface area contributed by atoms with E-state index in [1.807, 2.05) is 18.2 Å². The smallest absolute Gasteiger partial charge is 0.235 e. The van der Waals surface area contributed by atoms with Crippen molar-refractivity contribution in [1.82, 2.24) is 9.88 Å². The fourth-order valence-electron chi connectivity index (χ4n) is 2.69. The lowest BCUT2D eigenvalue weighted by Crippen LogP contribution is -2.33. The van der Waals surface area contributed by atoms with Gasteiger partial charge >= 0.3 is 0 Å². The standard InChI is InChI=1S/C15H16N4O2/c16-12-3-5-18-13-7-9(1-2-10(12)13)8-19-6-4-11(14(17)20)15(19)21/h1-3,5,7,11H,4,6,8H2,(H2,16,18)(H2,17,20). The van der Waals surface area contributed by atoms with Gasteiger partial charge in [-0.3, -0.25) is 14.6 Å². The Balaban J connectivity index is 1.83. The molecule has 0 radical (unpaired) electrons. The van der Waals surface area contributed by atoms with E-state index in [1.54, 1.807) is 17.2 Å². The van der Waals surface area contributed by atoms with Gasteiger partial charge in [-0.05, 0) is 24.1 Å². The summed E-state index contributed by atoms with van der Waals surface area (Å²) in [6.45, 7) is 1.00. The summed E-state index contributed by atoms with van der Waals surface area (Å²) in [5.41, 5.74) is 13.5. The number of hydrogen-bond donors (Lipinski definition) is 2. The minimum Gasteiger partial charge on any atom is -0.398 e. The Labute approximate surface area is 121 Å². The first-order valence-electron chi connectivity index (χ1n) is 6.77. The molecule has 108 valence electrons. The van der Waals surface area contributed by atoms with Gasteiger partial charge in [-0.1, -0.05) is 12.1 Å². The summed E-state index contributed by atoms with van der Waals surface area (Å²) in [5, 5.41) is 0.893. The monoisotopic (exact) mass is 284 g/mol. The van der Waals surface area contributed by atoms with Crippen LogP contribution in [-0.4, -0.2) is 28.2 Å². The maximum absolute atomic E-state index is 12.1. The second-order valence-corrected chi connectivity index (χ2v) is 5.26. The van der Waals surface area contributed by atoms with Crippen molar-refractivity contribution in [3.05, 3.63) is 36.0 Å². The molecular weight excluding hydrogens is 268 g/mol. The van der Waals surface area contributed by atoms with E-state index in [0.29, 0.717) is 25.2 Å². The molecule has 2 aromatic rings. The number of fused-ring (bicyclic) bond motifs is 1. The molecule has 1 aliphatic rings. The average Bonchev–Trinajstić information content (AvgIpc) is 2.80. The zero-order chi connectivity index (χ0) is 15.0. The minimum absolute atomic E-state index is 0.192. The van der Waals surface area contributed by atoms with Gasteiger partial charge in [0.1, 0.15) is 5.92 Å². The Morgan fingerprint density at radius 3 is 2.90 bits per heavy atom. The molecule has 1 atom stereocenters. The predicted octanol–water partition coefficient (Wildman–Crippen LogP) is 0.651. The fourth-order valence-corrected chi connectivity index (χ4v) is 2.69. The predicted molar refractivity (Wildman–Crippen MR) is 78.9 cm³/mol. The zero-order valence-corrected chi connectivity index (χ0v) is 11.5. The molecule has 4 N–H and O–H groups in total. The maximum Gasteiger partial charge on any atom is 0.235 e. The number of primary amides is 1. The number of hydrogen-bond acceptors (Lipinski definition) is 4. The molecule has 2 amide bonds. The molecule has 0 saturated carbocycles. The zero-order valence-electron chi connectivity index (χ0n) is 11.5. The van der Waals surface area contributed by atoms with Gasteiger partial charge in [-0.15, -0.1) is 0 Å². The summed E-state index contributed by atoms with van der Waals surface area (Å²) in [7, 11) is 0. The van der Waals surface area contributed by atoms with Gasteiger partial charge in [0.2, 0.25) is 11.8 Å². The van der Waals surface area contributed by atoms with E-state index in [2.05, 4.69) is 4.98 Å². The molecule has 1 fully saturated rings. The van der Waals surface area contributed by atoms with Crippen molar-refractivity contribution in [1.29, 1.82) is 0 Å². The Morgan fingerprint density at radius 1 is 1.38 bits per heavy atom. The lowest BCUT2D eigenvalue weighted by molar-refractivity contribution is -0.136. The van der Waals surface area contributed by atoms with E-state index < -0.39 is 11.8 Å². The van der Waals surface area contributed by atoms with Gasteiger partial charge in [0.25, 0.3) is 0 Å². The van der Waals surface area contributed by atoms with E-state index in [9.17, 15) is 9.59 Å². The highest BCUT2D eigenvalue weighted by Crippen LogP contribution is 2.23. The number of aromatic nitrogens is 1. The van der Waals surface area contributed by atoms with Crippen LogP contribution >= 0.6 is 0 Å². The molecule has 1 unspecified atom stereocenters. The van der Waals surface area contributed by atoms with Gasteiger partial charge in [0, 0.05) is 30.4 Å². The van der Waals surface area contributed by atoms with Gasteiger partial charge in [0.15, 0.2) is 0 Å². The topological polar surface area (TPSA) is 102 Å². The van der Waals surface area contributed by atoms with E-state index >= 15 is 0 Å². The molecule has 1 aromatic heterocycles. The molecular formula is C15H16N4O2. The Kier molecular flexibility index (Phi) is 3.21. The number of nitrogens with two attached hydrogens (primary N) is 2. The fraction of sp³-hybridized carbons (Fsp3) is 0.267. The lowest BCUT2D eigenvalue weighted by Gasteiger charge is -2.16. The molecule has 2 heterocycles. The van der Waals surface area contributed by atoms with Crippen molar-refractivity contribution in [3.63, 3.8) is 0 Å². The number of likely N-dealkylation sites (tertiary alicyclic amines) is 1. The number of amides is 2. The average molecular weight is 284 g/mol. The van der Waals surface area contributed by atoms with Crippen LogP contribution in [0.25, 0.3) is 10.9 Å². The van der Waals surface area contributed by atoms with Gasteiger partial charge in [-0.2, -0.15) is 0 Å². The minimum atomic E-state index is -0.681. The SMILES string of the molecule is NC(=O)C1CCN(Cc2ccc3c(N)ccnc3c2)C1=O. The summed E-state index contributed by atoms with van der Waals surface area (Å²) in [6.07, 6.45) is 2.15. The van der Waals surface area contributed by atoms with Gasteiger partial charge in [0.05, 0.1) is 5.52 Å². The van der Waals surface area contributed by atoms with Crippen LogP contribution in [0.15, 0.2) is 30.5 Å². The Morgan fingerprint density at radius 2 is 2.19 bits per heavy atom. The van der Waals surface area contributed by atoms with E-state index in [-0.39, 0.29) is 5.91 Å². The van der Waals surface area contributed by atoms with E-state index in [0.717, 1.165) is 16.5 Å². The second kappa shape index (κ2) is 5.05. The number of pyridine rings is 1. The molecule has 0 aliphatic carbocycles. The van der Waals surface area contributed by atoms with Crippen molar-refractivity contribution < 1.29 is 9.59 Å². The number of carbonyl (C=O) groups excluding carboxylic acids is 2. The summed E-state index contributed by atoms with van der Waals surface area (Å²) in [6, 6.07) is 7.49. The molecule has 0 bridgehead atoms. The highest BCUT2D eigenvalue weighted by molar-refractivity contribution is 6.00. The molecule has 21 heavy (non-hydrogen) atoms. The van der Waals surface area contributed by atoms with Crippen molar-refractivity contribution in [2.75, 3.05) is 12.3 Å². The molecule has 6 nitrogen and oxygen atoms in total. The van der Waals surface area contributed by atoms with Crippen LogP contribution in [0.2, 0.25) is 0 Å². The number of benzene rings is 1. The first-order chi connectivity index (χ1) is 10.1. The highest BCUT2D eigenvalue weighted by Gasteiger charge is 2.35. The Hall–Kier alpha value is -2.63. The normalized spacial score (nSPS) is 18.4. The number of rotatable bonds is 3. The van der Waals surface area contributed by atoms with Crippen LogP contribution in [-0.2, 0) is 16.1 Å². The first kappa shape index (κ1) is 13.4. The van der Waals surface area contributed by atoms with Crippen LogP contribution in [0.1, 0.15) is 12.0 Å². The Bertz CT molecular complexity index is 729. The molecule has 3 rings (SSSR count). The third-order valence-corrected chi connectivity index (χ3v) is 3.86. The second-order valence-electron chi connectivity index (χ2n) is 5.26. The molecule has 1 aromatic carbocycles. The number of nitrogen functional groups attached to an aromatic ring is 1. The molecule has 6 heteroatoms. The van der Waals surface area contributed by atoms with Crippen LogP contribution < -0.4 is 11.5 Å². The number of anilines is 1. The molecule has 1 aliphatic heterocycles. The third kappa shape index (κ3) is 2.40.